The Bertz CT molecular complexity index is 1110. The van der Waals surface area contributed by atoms with Crippen LogP contribution in [0.3, 0.4) is 0 Å². The summed E-state index contributed by atoms with van der Waals surface area (Å²) in [7, 11) is 0. The van der Waals surface area contributed by atoms with Crippen molar-refractivity contribution in [2.75, 3.05) is 6.61 Å². The van der Waals surface area contributed by atoms with Gasteiger partial charge in [0.25, 0.3) is 0 Å². The molecule has 0 amide bonds. The van der Waals surface area contributed by atoms with E-state index in [4.69, 9.17) is 9.72 Å². The summed E-state index contributed by atoms with van der Waals surface area (Å²) in [5.74, 6) is 2.05. The molecule has 0 spiro atoms. The van der Waals surface area contributed by atoms with Crippen molar-refractivity contribution in [3.8, 4) is 5.75 Å². The highest BCUT2D eigenvalue weighted by atomic mass is 16.5. The van der Waals surface area contributed by atoms with E-state index in [1.165, 1.54) is 22.3 Å². The average Bonchev–Trinajstić information content (AvgIpc) is 3.04. The maximum Gasteiger partial charge on any atom is 0.122 e. The molecule has 0 aliphatic rings. The highest BCUT2D eigenvalue weighted by molar-refractivity contribution is 5.76. The number of hydrogen-bond donors (Lipinski definition) is 0. The molecule has 0 saturated carbocycles. The molecule has 4 aromatic rings. The number of ether oxygens (including phenoxy) is 1. The van der Waals surface area contributed by atoms with Crippen LogP contribution in [0.4, 0.5) is 0 Å². The molecule has 0 atom stereocenters. The summed E-state index contributed by atoms with van der Waals surface area (Å²) in [4.78, 5) is 4.91. The Morgan fingerprint density at radius 3 is 2.50 bits per heavy atom. The van der Waals surface area contributed by atoms with Gasteiger partial charge in [0.05, 0.1) is 17.6 Å². The lowest BCUT2D eigenvalue weighted by Crippen LogP contribution is -2.12. The summed E-state index contributed by atoms with van der Waals surface area (Å²) in [6, 6.07) is 23.2. The van der Waals surface area contributed by atoms with Gasteiger partial charge in [-0.1, -0.05) is 48.5 Å². The molecule has 0 saturated heterocycles. The molecule has 3 heteroatoms. The molecule has 28 heavy (non-hydrogen) atoms. The number of nitrogens with zero attached hydrogens (tertiary/aromatic N) is 2. The monoisotopic (exact) mass is 370 g/mol. The number of fused-ring (bicyclic) bond motifs is 1. The van der Waals surface area contributed by atoms with Gasteiger partial charge in [0.2, 0.25) is 0 Å². The Labute approximate surface area is 166 Å². The third kappa shape index (κ3) is 3.79. The zero-order chi connectivity index (χ0) is 19.5. The van der Waals surface area contributed by atoms with Crippen molar-refractivity contribution in [1.29, 1.82) is 0 Å². The van der Waals surface area contributed by atoms with E-state index in [1.807, 2.05) is 6.07 Å². The summed E-state index contributed by atoms with van der Waals surface area (Å²) >= 11 is 0. The molecule has 0 bridgehead atoms. The molecule has 0 radical (unpaired) electrons. The minimum absolute atomic E-state index is 0.616. The molecule has 0 aliphatic carbocycles. The molecule has 3 nitrogen and oxygen atoms in total. The molecule has 0 aliphatic heterocycles. The van der Waals surface area contributed by atoms with Crippen LogP contribution < -0.4 is 4.74 Å². The first-order valence-electron chi connectivity index (χ1n) is 9.80. The van der Waals surface area contributed by atoms with Crippen molar-refractivity contribution < 1.29 is 4.74 Å². The number of aromatic nitrogens is 2. The number of hydrogen-bond acceptors (Lipinski definition) is 2. The maximum atomic E-state index is 6.12. The highest BCUT2D eigenvalue weighted by Gasteiger charge is 2.12. The van der Waals surface area contributed by atoms with Crippen LogP contribution in [0.2, 0.25) is 0 Å². The quantitative estimate of drug-likeness (QED) is 0.440. The van der Waals surface area contributed by atoms with Gasteiger partial charge in [-0.2, -0.15) is 0 Å². The fourth-order valence-corrected chi connectivity index (χ4v) is 3.60. The lowest BCUT2D eigenvalue weighted by atomic mass is 10.1. The number of para-hydroxylation sites is 2. The lowest BCUT2D eigenvalue weighted by molar-refractivity contribution is 0.296. The van der Waals surface area contributed by atoms with Crippen molar-refractivity contribution >= 4 is 11.0 Å². The van der Waals surface area contributed by atoms with Gasteiger partial charge in [-0.3, -0.25) is 0 Å². The summed E-state index contributed by atoms with van der Waals surface area (Å²) in [6.45, 7) is 7.73. The van der Waals surface area contributed by atoms with Crippen LogP contribution in [0, 0.1) is 20.8 Å². The molecule has 4 rings (SSSR count). The Morgan fingerprint density at radius 2 is 1.64 bits per heavy atom. The highest BCUT2D eigenvalue weighted by Crippen LogP contribution is 2.22. The van der Waals surface area contributed by atoms with E-state index in [2.05, 4.69) is 86.0 Å². The Morgan fingerprint density at radius 1 is 0.857 bits per heavy atom. The smallest absolute Gasteiger partial charge is 0.122 e. The second kappa shape index (κ2) is 7.89. The van der Waals surface area contributed by atoms with E-state index < -0.39 is 0 Å². The fourth-order valence-electron chi connectivity index (χ4n) is 3.60. The summed E-state index contributed by atoms with van der Waals surface area (Å²) in [5, 5.41) is 0. The Hall–Kier alpha value is -3.07. The number of benzene rings is 3. The zero-order valence-corrected chi connectivity index (χ0v) is 16.8. The first-order chi connectivity index (χ1) is 13.6. The first kappa shape index (κ1) is 18.3. The fraction of sp³-hybridized carbons (Fsp3) is 0.240. The third-order valence-corrected chi connectivity index (χ3v) is 5.26. The molecular weight excluding hydrogens is 344 g/mol. The van der Waals surface area contributed by atoms with Crippen LogP contribution in [-0.2, 0) is 13.0 Å². The molecule has 0 unspecified atom stereocenters. The minimum atomic E-state index is 0.616. The SMILES string of the molecule is Cc1ccc(C)c(OCCn2c(Cc3ccccc3C)nc3ccccc32)c1. The molecule has 3 aromatic carbocycles. The first-order valence-corrected chi connectivity index (χ1v) is 9.80. The van der Waals surface area contributed by atoms with Crippen molar-refractivity contribution in [2.24, 2.45) is 0 Å². The van der Waals surface area contributed by atoms with Gasteiger partial charge in [-0.05, 0) is 61.2 Å². The van der Waals surface area contributed by atoms with Crippen LogP contribution in [0.25, 0.3) is 11.0 Å². The van der Waals surface area contributed by atoms with Crippen molar-refractivity contribution in [2.45, 2.75) is 33.7 Å². The number of imidazole rings is 1. The van der Waals surface area contributed by atoms with Gasteiger partial charge in [0.1, 0.15) is 18.2 Å². The topological polar surface area (TPSA) is 27.1 Å². The van der Waals surface area contributed by atoms with Crippen molar-refractivity contribution in [3.05, 3.63) is 94.8 Å². The predicted octanol–water partition coefficient (Wildman–Crippen LogP) is 5.63. The lowest BCUT2D eigenvalue weighted by Gasteiger charge is -2.13. The second-order valence-corrected chi connectivity index (χ2v) is 7.39. The summed E-state index contributed by atoms with van der Waals surface area (Å²) < 4.78 is 8.42. The van der Waals surface area contributed by atoms with Crippen LogP contribution in [0.15, 0.2) is 66.7 Å². The van der Waals surface area contributed by atoms with E-state index in [-0.39, 0.29) is 0 Å². The van der Waals surface area contributed by atoms with Crippen LogP contribution in [-0.4, -0.2) is 16.2 Å². The Kier molecular flexibility index (Phi) is 5.16. The van der Waals surface area contributed by atoms with Gasteiger partial charge < -0.3 is 9.30 Å². The van der Waals surface area contributed by atoms with Gasteiger partial charge in [0.15, 0.2) is 0 Å². The van der Waals surface area contributed by atoms with Gasteiger partial charge in [-0.15, -0.1) is 0 Å². The average molecular weight is 370 g/mol. The summed E-state index contributed by atoms with van der Waals surface area (Å²) in [6.07, 6.45) is 0.824. The van der Waals surface area contributed by atoms with E-state index >= 15 is 0 Å². The van der Waals surface area contributed by atoms with E-state index in [9.17, 15) is 0 Å². The van der Waals surface area contributed by atoms with Crippen LogP contribution in [0.1, 0.15) is 28.1 Å². The van der Waals surface area contributed by atoms with Gasteiger partial charge >= 0.3 is 0 Å². The van der Waals surface area contributed by atoms with E-state index in [0.29, 0.717) is 6.61 Å². The second-order valence-electron chi connectivity index (χ2n) is 7.39. The van der Waals surface area contributed by atoms with E-state index in [1.54, 1.807) is 0 Å². The molecule has 1 heterocycles. The van der Waals surface area contributed by atoms with Crippen molar-refractivity contribution in [3.63, 3.8) is 0 Å². The minimum Gasteiger partial charge on any atom is -0.491 e. The Balaban J connectivity index is 1.60. The van der Waals surface area contributed by atoms with Crippen molar-refractivity contribution in [1.82, 2.24) is 9.55 Å². The molecule has 0 N–H and O–H groups in total. The van der Waals surface area contributed by atoms with Gasteiger partial charge in [0, 0.05) is 6.42 Å². The summed E-state index contributed by atoms with van der Waals surface area (Å²) in [5.41, 5.74) is 7.20. The van der Waals surface area contributed by atoms with Crippen LogP contribution in [0.5, 0.6) is 5.75 Å². The standard InChI is InChI=1S/C25H26N2O/c1-18-12-13-20(3)24(16-18)28-15-14-27-23-11-7-6-10-22(23)26-25(27)17-21-9-5-4-8-19(21)2/h4-13,16H,14-15,17H2,1-3H3. The molecule has 1 aromatic heterocycles. The maximum absolute atomic E-state index is 6.12. The molecule has 142 valence electrons. The number of rotatable bonds is 6. The molecular formula is C25H26N2O. The predicted molar refractivity (Wildman–Crippen MR) is 115 cm³/mol. The largest absolute Gasteiger partial charge is 0.491 e. The van der Waals surface area contributed by atoms with Crippen LogP contribution >= 0.6 is 0 Å². The third-order valence-electron chi connectivity index (χ3n) is 5.26. The normalized spacial score (nSPS) is 11.1. The van der Waals surface area contributed by atoms with E-state index in [0.717, 1.165) is 35.6 Å². The molecule has 0 fully saturated rings. The van der Waals surface area contributed by atoms with Gasteiger partial charge in [-0.25, -0.2) is 4.98 Å². The number of aryl methyl sites for hydroxylation is 3. The zero-order valence-electron chi connectivity index (χ0n) is 16.8.